The van der Waals surface area contributed by atoms with Gasteiger partial charge in [-0.1, -0.05) is 23.8 Å². The maximum Gasteiger partial charge on any atom is 0.0639 e. The fraction of sp³-hybridized carbons (Fsp3) is 0.714. The van der Waals surface area contributed by atoms with Crippen molar-refractivity contribution >= 4 is 0 Å². The van der Waals surface area contributed by atoms with Crippen LogP contribution in [0.1, 0.15) is 39.0 Å². The van der Waals surface area contributed by atoms with Gasteiger partial charge >= 0.3 is 0 Å². The third kappa shape index (κ3) is 2.17. The second-order valence-corrected chi connectivity index (χ2v) is 5.24. The van der Waals surface area contributed by atoms with Gasteiger partial charge in [0, 0.05) is 0 Å². The molecule has 0 spiro atoms. The van der Waals surface area contributed by atoms with E-state index in [-0.39, 0.29) is 6.61 Å². The van der Waals surface area contributed by atoms with E-state index in [1.807, 2.05) is 6.92 Å². The van der Waals surface area contributed by atoms with Crippen LogP contribution in [0.5, 0.6) is 0 Å². The van der Waals surface area contributed by atoms with Crippen molar-refractivity contribution in [3.05, 3.63) is 23.8 Å². The highest BCUT2D eigenvalue weighted by atomic mass is 16.3. The fourth-order valence-electron chi connectivity index (χ4n) is 3.32. The third-order valence-corrected chi connectivity index (χ3v) is 4.26. The van der Waals surface area contributed by atoms with Gasteiger partial charge in [-0.2, -0.15) is 0 Å². The first kappa shape index (κ1) is 10.9. The first-order valence-electron chi connectivity index (χ1n) is 6.17. The lowest BCUT2D eigenvalue weighted by molar-refractivity contribution is 0.330. The van der Waals surface area contributed by atoms with Crippen molar-refractivity contribution in [2.75, 3.05) is 6.61 Å². The number of allylic oxidation sites excluding steroid dienone is 2. The van der Waals surface area contributed by atoms with Crippen molar-refractivity contribution in [2.45, 2.75) is 39.0 Å². The summed E-state index contributed by atoms with van der Waals surface area (Å²) in [6, 6.07) is 0. The summed E-state index contributed by atoms with van der Waals surface area (Å²) in [7, 11) is 0. The molecular weight excluding hydrogens is 184 g/mol. The van der Waals surface area contributed by atoms with Crippen LogP contribution >= 0.6 is 0 Å². The first-order valence-corrected chi connectivity index (χ1v) is 6.17. The van der Waals surface area contributed by atoms with E-state index in [1.54, 1.807) is 0 Å². The quantitative estimate of drug-likeness (QED) is 0.700. The normalized spacial score (nSPS) is 35.2. The van der Waals surface area contributed by atoms with Crippen molar-refractivity contribution in [1.82, 2.24) is 0 Å². The van der Waals surface area contributed by atoms with Gasteiger partial charge in [-0.15, -0.1) is 0 Å². The predicted molar refractivity (Wildman–Crippen MR) is 63.5 cm³/mol. The van der Waals surface area contributed by atoms with Gasteiger partial charge in [-0.25, -0.2) is 0 Å². The Morgan fingerprint density at radius 2 is 2.33 bits per heavy atom. The predicted octanol–water partition coefficient (Wildman–Crippen LogP) is 3.31. The number of rotatable bonds is 4. The summed E-state index contributed by atoms with van der Waals surface area (Å²) in [4.78, 5) is 0. The molecule has 0 aromatic rings. The van der Waals surface area contributed by atoms with Crippen LogP contribution in [0.3, 0.4) is 0 Å². The lowest BCUT2D eigenvalue weighted by Crippen LogP contribution is -2.12. The molecule has 1 heteroatoms. The standard InChI is InChI=1S/C14H22O/c1-10(9-15)4-3-5-14-11(2)12-6-7-13(14)8-12/h4,12-15H,2-3,5-9H2,1H3/t12-,13+,14?/m0/s1. The number of fused-ring (bicyclic) bond motifs is 2. The molecule has 15 heavy (non-hydrogen) atoms. The van der Waals surface area contributed by atoms with E-state index in [4.69, 9.17) is 5.11 Å². The van der Waals surface area contributed by atoms with Crippen molar-refractivity contribution in [1.29, 1.82) is 0 Å². The molecule has 2 bridgehead atoms. The average molecular weight is 206 g/mol. The molecule has 2 saturated carbocycles. The van der Waals surface area contributed by atoms with Gasteiger partial charge in [0.25, 0.3) is 0 Å². The molecule has 0 heterocycles. The van der Waals surface area contributed by atoms with Crippen LogP contribution in [0, 0.1) is 17.8 Å². The summed E-state index contributed by atoms with van der Waals surface area (Å²) >= 11 is 0. The average Bonchev–Trinajstić information content (AvgIpc) is 2.81. The highest BCUT2D eigenvalue weighted by Gasteiger charge is 2.41. The lowest BCUT2D eigenvalue weighted by atomic mass is 9.82. The Hall–Kier alpha value is -0.560. The van der Waals surface area contributed by atoms with Crippen molar-refractivity contribution in [3.63, 3.8) is 0 Å². The van der Waals surface area contributed by atoms with E-state index in [0.29, 0.717) is 0 Å². The van der Waals surface area contributed by atoms with Crippen LogP contribution in [0.25, 0.3) is 0 Å². The van der Waals surface area contributed by atoms with E-state index in [2.05, 4.69) is 12.7 Å². The van der Waals surface area contributed by atoms with Crippen LogP contribution < -0.4 is 0 Å². The van der Waals surface area contributed by atoms with Crippen molar-refractivity contribution in [3.8, 4) is 0 Å². The molecule has 1 N–H and O–H groups in total. The monoisotopic (exact) mass is 206 g/mol. The van der Waals surface area contributed by atoms with Crippen molar-refractivity contribution < 1.29 is 5.11 Å². The van der Waals surface area contributed by atoms with E-state index in [0.717, 1.165) is 29.7 Å². The summed E-state index contributed by atoms with van der Waals surface area (Å²) in [5.41, 5.74) is 2.63. The largest absolute Gasteiger partial charge is 0.392 e. The molecule has 2 aliphatic carbocycles. The lowest BCUT2D eigenvalue weighted by Gasteiger charge is -2.23. The van der Waals surface area contributed by atoms with Crippen LogP contribution in [0.2, 0.25) is 0 Å². The van der Waals surface area contributed by atoms with Gasteiger partial charge in [0.15, 0.2) is 0 Å². The SMILES string of the molecule is C=C1C(CCC=C(C)CO)[C@@H]2CC[C@H]1C2. The molecule has 0 aromatic heterocycles. The zero-order valence-electron chi connectivity index (χ0n) is 9.71. The summed E-state index contributed by atoms with van der Waals surface area (Å²) in [5, 5.41) is 8.90. The number of hydrogen-bond donors (Lipinski definition) is 1. The van der Waals surface area contributed by atoms with Gasteiger partial charge < -0.3 is 5.11 Å². The number of hydrogen-bond acceptors (Lipinski definition) is 1. The summed E-state index contributed by atoms with van der Waals surface area (Å²) in [5.74, 6) is 2.57. The summed E-state index contributed by atoms with van der Waals surface area (Å²) in [6.07, 6.45) is 8.77. The Bertz CT molecular complexity index is 277. The minimum atomic E-state index is 0.206. The summed E-state index contributed by atoms with van der Waals surface area (Å²) in [6.45, 7) is 6.47. The molecule has 2 rings (SSSR count). The minimum absolute atomic E-state index is 0.206. The molecule has 1 nitrogen and oxygen atoms in total. The van der Waals surface area contributed by atoms with Gasteiger partial charge in [0.1, 0.15) is 0 Å². The van der Waals surface area contributed by atoms with Gasteiger partial charge in [-0.05, 0) is 56.8 Å². The Labute approximate surface area is 92.9 Å². The minimum Gasteiger partial charge on any atom is -0.392 e. The molecule has 2 fully saturated rings. The maximum atomic E-state index is 8.90. The Morgan fingerprint density at radius 3 is 2.93 bits per heavy atom. The smallest absolute Gasteiger partial charge is 0.0639 e. The fourth-order valence-corrected chi connectivity index (χ4v) is 3.32. The van der Waals surface area contributed by atoms with Crippen LogP contribution in [-0.2, 0) is 0 Å². The van der Waals surface area contributed by atoms with Gasteiger partial charge in [0.2, 0.25) is 0 Å². The van der Waals surface area contributed by atoms with E-state index in [9.17, 15) is 0 Å². The second-order valence-electron chi connectivity index (χ2n) is 5.24. The molecule has 0 aromatic carbocycles. The van der Waals surface area contributed by atoms with Crippen LogP contribution in [0.15, 0.2) is 23.8 Å². The van der Waals surface area contributed by atoms with E-state index < -0.39 is 0 Å². The van der Waals surface area contributed by atoms with Gasteiger partial charge in [0.05, 0.1) is 6.61 Å². The molecule has 2 aliphatic rings. The van der Waals surface area contributed by atoms with Crippen LogP contribution in [-0.4, -0.2) is 11.7 Å². The Kier molecular flexibility index (Phi) is 3.30. The molecule has 1 unspecified atom stereocenters. The molecule has 0 radical (unpaired) electrons. The Balaban J connectivity index is 1.83. The van der Waals surface area contributed by atoms with E-state index >= 15 is 0 Å². The Morgan fingerprint density at radius 1 is 1.53 bits per heavy atom. The molecule has 3 atom stereocenters. The zero-order chi connectivity index (χ0) is 10.8. The molecule has 84 valence electrons. The summed E-state index contributed by atoms with van der Waals surface area (Å²) < 4.78 is 0. The maximum absolute atomic E-state index is 8.90. The number of aliphatic hydroxyl groups excluding tert-OH is 1. The highest BCUT2D eigenvalue weighted by Crippen LogP contribution is 2.52. The van der Waals surface area contributed by atoms with Crippen LogP contribution in [0.4, 0.5) is 0 Å². The zero-order valence-corrected chi connectivity index (χ0v) is 9.71. The molecule has 0 aliphatic heterocycles. The third-order valence-electron chi connectivity index (χ3n) is 4.26. The number of aliphatic hydroxyl groups is 1. The molecule has 0 saturated heterocycles. The second kappa shape index (κ2) is 4.52. The molecule has 0 amide bonds. The van der Waals surface area contributed by atoms with Crippen molar-refractivity contribution in [2.24, 2.45) is 17.8 Å². The van der Waals surface area contributed by atoms with E-state index in [1.165, 1.54) is 31.3 Å². The van der Waals surface area contributed by atoms with Gasteiger partial charge in [-0.3, -0.25) is 0 Å². The highest BCUT2D eigenvalue weighted by molar-refractivity contribution is 5.18. The first-order chi connectivity index (χ1) is 7.22. The topological polar surface area (TPSA) is 20.2 Å². The molecular formula is C14H22O.